The van der Waals surface area contributed by atoms with Crippen LogP contribution in [0.2, 0.25) is 0 Å². The van der Waals surface area contributed by atoms with Gasteiger partial charge in [0, 0.05) is 29.4 Å². The molecule has 7 nitrogen and oxygen atoms in total. The van der Waals surface area contributed by atoms with Crippen molar-refractivity contribution < 1.29 is 13.2 Å². The van der Waals surface area contributed by atoms with Crippen molar-refractivity contribution in [3.8, 4) is 0 Å². The van der Waals surface area contributed by atoms with E-state index in [-0.39, 0.29) is 28.2 Å². The Morgan fingerprint density at radius 1 is 1.28 bits per heavy atom. The van der Waals surface area contributed by atoms with E-state index in [0.717, 1.165) is 5.39 Å². The Morgan fingerprint density at radius 3 is 2.96 bits per heavy atom. The Balaban J connectivity index is 1.71. The van der Waals surface area contributed by atoms with Crippen LogP contribution in [-0.4, -0.2) is 30.0 Å². The van der Waals surface area contributed by atoms with Crippen LogP contribution in [0.15, 0.2) is 47.6 Å². The lowest BCUT2D eigenvalue weighted by Crippen LogP contribution is -2.25. The fourth-order valence-electron chi connectivity index (χ4n) is 3.06. The molecule has 25 heavy (non-hydrogen) atoms. The minimum Gasteiger partial charge on any atom is -0.346 e. The predicted molar refractivity (Wildman–Crippen MR) is 94.1 cm³/mol. The fraction of sp³-hybridized carbons (Fsp3) is 0.176. The molecular weight excluding hydrogens is 340 g/mol. The summed E-state index contributed by atoms with van der Waals surface area (Å²) >= 11 is 0. The normalized spacial score (nSPS) is 18.7. The number of rotatable bonds is 2. The second-order valence-electron chi connectivity index (χ2n) is 6.02. The maximum absolute atomic E-state index is 12.6. The van der Waals surface area contributed by atoms with E-state index in [1.807, 2.05) is 6.07 Å². The molecule has 0 spiro atoms. The summed E-state index contributed by atoms with van der Waals surface area (Å²) in [5, 5.41) is 3.59. The molecule has 1 atom stereocenters. The fourth-order valence-corrected chi connectivity index (χ4v) is 4.73. The van der Waals surface area contributed by atoms with E-state index in [4.69, 9.17) is 5.73 Å². The van der Waals surface area contributed by atoms with Crippen LogP contribution in [0.4, 0.5) is 5.69 Å². The summed E-state index contributed by atoms with van der Waals surface area (Å²) < 4.78 is 24.6. The van der Waals surface area contributed by atoms with Crippen LogP contribution in [0.25, 0.3) is 11.0 Å². The molecule has 1 amide bonds. The summed E-state index contributed by atoms with van der Waals surface area (Å²) in [7, 11) is -3.40. The number of anilines is 1. The largest absolute Gasteiger partial charge is 0.346 e. The van der Waals surface area contributed by atoms with E-state index in [9.17, 15) is 13.2 Å². The number of aromatic nitrogens is 2. The highest BCUT2D eigenvalue weighted by molar-refractivity contribution is 7.91. The lowest BCUT2D eigenvalue weighted by molar-refractivity contribution is 0.102. The highest BCUT2D eigenvalue weighted by atomic mass is 32.2. The molecule has 1 aliphatic heterocycles. The highest BCUT2D eigenvalue weighted by Gasteiger charge is 2.29. The van der Waals surface area contributed by atoms with Crippen molar-refractivity contribution >= 4 is 32.5 Å². The molecule has 1 aromatic carbocycles. The predicted octanol–water partition coefficient (Wildman–Crippen LogP) is 1.99. The molecule has 8 heteroatoms. The molecule has 0 saturated carbocycles. The Bertz CT molecular complexity index is 1090. The number of benzene rings is 1. The Labute approximate surface area is 144 Å². The number of pyridine rings is 1. The number of hydrogen-bond donors (Lipinski definition) is 3. The van der Waals surface area contributed by atoms with E-state index < -0.39 is 9.84 Å². The summed E-state index contributed by atoms with van der Waals surface area (Å²) in [5.41, 5.74) is 8.11. The van der Waals surface area contributed by atoms with Crippen LogP contribution in [0.1, 0.15) is 28.4 Å². The molecule has 3 heterocycles. The van der Waals surface area contributed by atoms with Crippen LogP contribution in [0.5, 0.6) is 0 Å². The molecule has 1 unspecified atom stereocenters. The van der Waals surface area contributed by atoms with Crippen LogP contribution < -0.4 is 11.1 Å². The average Bonchev–Trinajstić information content (AvgIpc) is 3.08. The van der Waals surface area contributed by atoms with Gasteiger partial charge in [0.15, 0.2) is 9.84 Å². The van der Waals surface area contributed by atoms with Crippen LogP contribution >= 0.6 is 0 Å². The monoisotopic (exact) mass is 356 g/mol. The molecular formula is C17H16N4O3S. The van der Waals surface area contributed by atoms with Crippen molar-refractivity contribution in [2.24, 2.45) is 5.73 Å². The van der Waals surface area contributed by atoms with Gasteiger partial charge in [-0.2, -0.15) is 0 Å². The second-order valence-corrected chi connectivity index (χ2v) is 8.10. The number of carbonyl (C=O) groups excluding carboxylic acids is 1. The summed E-state index contributed by atoms with van der Waals surface area (Å²) in [4.78, 5) is 19.9. The number of hydrogen-bond acceptors (Lipinski definition) is 5. The molecule has 4 rings (SSSR count). The first-order valence-electron chi connectivity index (χ1n) is 7.81. The molecule has 4 N–H and O–H groups in total. The lowest BCUT2D eigenvalue weighted by Gasteiger charge is -2.22. The quantitative estimate of drug-likeness (QED) is 0.649. The minimum atomic E-state index is -3.40. The molecule has 2 aromatic heterocycles. The van der Waals surface area contributed by atoms with Crippen molar-refractivity contribution in [2.75, 3.05) is 11.1 Å². The van der Waals surface area contributed by atoms with Gasteiger partial charge < -0.3 is 16.0 Å². The number of H-pyrrole nitrogens is 1. The number of carbonyl (C=O) groups is 1. The molecule has 0 bridgehead atoms. The summed E-state index contributed by atoms with van der Waals surface area (Å²) in [6.07, 6.45) is 3.72. The zero-order valence-corrected chi connectivity index (χ0v) is 14.0. The van der Waals surface area contributed by atoms with E-state index in [1.54, 1.807) is 30.6 Å². The van der Waals surface area contributed by atoms with Gasteiger partial charge in [-0.15, -0.1) is 0 Å². The highest BCUT2D eigenvalue weighted by Crippen LogP contribution is 2.31. The molecule has 0 saturated heterocycles. The SMILES string of the molecule is NC1CCS(=O)(=O)c2cc(C(=O)Nc3ccnc4[nH]ccc34)ccc21. The number of amides is 1. The maximum atomic E-state index is 12.6. The van der Waals surface area contributed by atoms with Crippen molar-refractivity contribution in [1.29, 1.82) is 0 Å². The summed E-state index contributed by atoms with van der Waals surface area (Å²) in [5.74, 6) is -0.383. The van der Waals surface area contributed by atoms with Gasteiger partial charge in [0.25, 0.3) is 5.91 Å². The average molecular weight is 356 g/mol. The van der Waals surface area contributed by atoms with E-state index in [1.165, 1.54) is 6.07 Å². The Morgan fingerprint density at radius 2 is 2.12 bits per heavy atom. The van der Waals surface area contributed by atoms with Crippen LogP contribution in [0.3, 0.4) is 0 Å². The zero-order chi connectivity index (χ0) is 17.6. The second kappa shape index (κ2) is 5.68. The van der Waals surface area contributed by atoms with Gasteiger partial charge in [0.1, 0.15) is 5.65 Å². The Kier molecular flexibility index (Phi) is 3.59. The van der Waals surface area contributed by atoms with Crippen LogP contribution in [0, 0.1) is 0 Å². The molecule has 0 aliphatic carbocycles. The van der Waals surface area contributed by atoms with E-state index >= 15 is 0 Å². The van der Waals surface area contributed by atoms with Gasteiger partial charge in [-0.3, -0.25) is 4.79 Å². The summed E-state index contributed by atoms with van der Waals surface area (Å²) in [6.45, 7) is 0. The van der Waals surface area contributed by atoms with E-state index in [0.29, 0.717) is 23.3 Å². The molecule has 128 valence electrons. The standard InChI is InChI=1S/C17H16N4O3S/c18-13-5-8-25(23,24)15-9-10(1-2-11(13)15)17(22)21-14-4-7-20-16-12(14)3-6-19-16/h1-4,6-7,9,13H,5,8,18H2,(H2,19,20,21,22). The first-order valence-corrected chi connectivity index (χ1v) is 9.47. The molecule has 3 aromatic rings. The van der Waals surface area contributed by atoms with Crippen molar-refractivity contribution in [1.82, 2.24) is 9.97 Å². The number of aromatic amines is 1. The Hall–Kier alpha value is -2.71. The maximum Gasteiger partial charge on any atom is 0.255 e. The molecule has 0 fully saturated rings. The number of nitrogens with one attached hydrogen (secondary N) is 2. The lowest BCUT2D eigenvalue weighted by atomic mass is 10.0. The molecule has 1 aliphatic rings. The third-order valence-electron chi connectivity index (χ3n) is 4.42. The third-order valence-corrected chi connectivity index (χ3v) is 6.21. The topological polar surface area (TPSA) is 118 Å². The zero-order valence-electron chi connectivity index (χ0n) is 13.2. The van der Waals surface area contributed by atoms with Gasteiger partial charge in [-0.1, -0.05) is 6.07 Å². The smallest absolute Gasteiger partial charge is 0.255 e. The third kappa shape index (κ3) is 2.69. The van der Waals surface area contributed by atoms with Gasteiger partial charge >= 0.3 is 0 Å². The first kappa shape index (κ1) is 15.8. The number of nitrogens with zero attached hydrogens (tertiary/aromatic N) is 1. The first-order chi connectivity index (χ1) is 12.0. The van der Waals surface area contributed by atoms with E-state index in [2.05, 4.69) is 15.3 Å². The number of fused-ring (bicyclic) bond motifs is 2. The summed E-state index contributed by atoms with van der Waals surface area (Å²) in [6, 6.07) is 7.83. The molecule has 0 radical (unpaired) electrons. The minimum absolute atomic E-state index is 0.000562. The van der Waals surface area contributed by atoms with Gasteiger partial charge in [0.05, 0.1) is 16.3 Å². The van der Waals surface area contributed by atoms with Crippen molar-refractivity contribution in [3.05, 3.63) is 53.9 Å². The van der Waals surface area contributed by atoms with Gasteiger partial charge in [-0.25, -0.2) is 13.4 Å². The number of nitrogens with two attached hydrogens (primary N) is 1. The van der Waals surface area contributed by atoms with Gasteiger partial charge in [-0.05, 0) is 36.2 Å². The van der Waals surface area contributed by atoms with Crippen molar-refractivity contribution in [3.63, 3.8) is 0 Å². The van der Waals surface area contributed by atoms with Gasteiger partial charge in [0.2, 0.25) is 0 Å². The number of sulfone groups is 1. The van der Waals surface area contributed by atoms with Crippen LogP contribution in [-0.2, 0) is 9.84 Å². The van der Waals surface area contributed by atoms with Crippen molar-refractivity contribution in [2.45, 2.75) is 17.4 Å².